The van der Waals surface area contributed by atoms with E-state index < -0.39 is 8.40 Å². The molecule has 5 heteroatoms. The summed E-state index contributed by atoms with van der Waals surface area (Å²) < 4.78 is 4.80. The molecule has 4 nitrogen and oxygen atoms in total. The summed E-state index contributed by atoms with van der Waals surface area (Å²) in [5.74, 6) is 2.41. The zero-order chi connectivity index (χ0) is 13.9. The van der Waals surface area contributed by atoms with Crippen LogP contribution in [0.1, 0.15) is 38.3 Å². The van der Waals surface area contributed by atoms with E-state index in [2.05, 4.69) is 57.8 Å². The van der Waals surface area contributed by atoms with Gasteiger partial charge in [-0.25, -0.2) is 9.97 Å². The molecule has 0 aromatic carbocycles. The number of aryl methyl sites for hydroxylation is 2. The molecule has 2 aromatic rings. The van der Waals surface area contributed by atoms with Crippen molar-refractivity contribution in [3.8, 4) is 0 Å². The Kier molecular flexibility index (Phi) is 4.24. The van der Waals surface area contributed by atoms with Crippen LogP contribution in [-0.2, 0) is 12.8 Å². The van der Waals surface area contributed by atoms with E-state index >= 15 is 0 Å². The van der Waals surface area contributed by atoms with Crippen molar-refractivity contribution in [3.63, 3.8) is 0 Å². The Balaban J connectivity index is 2.40. The van der Waals surface area contributed by atoms with E-state index in [9.17, 15) is 0 Å². The van der Waals surface area contributed by atoms with E-state index in [-0.39, 0.29) is 0 Å². The summed E-state index contributed by atoms with van der Waals surface area (Å²) in [5, 5.41) is 0. The molecule has 2 aromatic heterocycles. The molecule has 0 fully saturated rings. The topological polar surface area (TPSA) is 35.6 Å². The van der Waals surface area contributed by atoms with Crippen LogP contribution in [0.2, 0.25) is 13.1 Å². The monoisotopic (exact) mass is 276 g/mol. The van der Waals surface area contributed by atoms with E-state index in [0.717, 1.165) is 25.7 Å². The molecule has 0 aliphatic carbocycles. The summed E-state index contributed by atoms with van der Waals surface area (Å²) in [6.07, 6.45) is 12.5. The third-order valence-electron chi connectivity index (χ3n) is 3.56. The Morgan fingerprint density at radius 3 is 1.68 bits per heavy atom. The fourth-order valence-electron chi connectivity index (χ4n) is 2.60. The molecule has 0 atom stereocenters. The van der Waals surface area contributed by atoms with E-state index in [1.165, 1.54) is 11.6 Å². The second kappa shape index (κ2) is 5.73. The summed E-state index contributed by atoms with van der Waals surface area (Å²) in [6, 6.07) is 0. The fraction of sp³-hybridized carbons (Fsp3) is 0.571. The molecular formula is C14H24N4Si. The van der Waals surface area contributed by atoms with Crippen molar-refractivity contribution >= 4 is 8.40 Å². The minimum Gasteiger partial charge on any atom is -0.343 e. The number of rotatable bonds is 6. The van der Waals surface area contributed by atoms with Gasteiger partial charge in [-0.15, -0.1) is 0 Å². The molecule has 0 amide bonds. The molecule has 19 heavy (non-hydrogen) atoms. The van der Waals surface area contributed by atoms with Gasteiger partial charge in [0.05, 0.1) is 0 Å². The van der Waals surface area contributed by atoms with Crippen LogP contribution < -0.4 is 0 Å². The molecule has 0 unspecified atom stereocenters. The van der Waals surface area contributed by atoms with E-state index in [4.69, 9.17) is 0 Å². The van der Waals surface area contributed by atoms with E-state index in [1.807, 2.05) is 12.4 Å². The highest BCUT2D eigenvalue weighted by atomic mass is 28.3. The second-order valence-corrected chi connectivity index (χ2v) is 9.37. The highest BCUT2D eigenvalue weighted by Crippen LogP contribution is 2.17. The van der Waals surface area contributed by atoms with E-state index in [0.29, 0.717) is 0 Å². The lowest BCUT2D eigenvalue weighted by molar-refractivity contribution is 0.786. The molecule has 0 aliphatic rings. The van der Waals surface area contributed by atoms with Gasteiger partial charge in [-0.05, 0) is 25.9 Å². The van der Waals surface area contributed by atoms with Crippen molar-refractivity contribution in [2.45, 2.75) is 52.6 Å². The predicted molar refractivity (Wildman–Crippen MR) is 80.7 cm³/mol. The van der Waals surface area contributed by atoms with Crippen molar-refractivity contribution in [2.24, 2.45) is 0 Å². The van der Waals surface area contributed by atoms with Crippen molar-refractivity contribution < 1.29 is 0 Å². The van der Waals surface area contributed by atoms with Gasteiger partial charge in [0.1, 0.15) is 11.6 Å². The van der Waals surface area contributed by atoms with Crippen LogP contribution in [0.25, 0.3) is 0 Å². The van der Waals surface area contributed by atoms with Crippen molar-refractivity contribution in [1.82, 2.24) is 18.4 Å². The molecule has 0 radical (unpaired) electrons. The highest BCUT2D eigenvalue weighted by Gasteiger charge is 2.30. The number of nitrogens with zero attached hydrogens (tertiary/aromatic N) is 4. The summed E-state index contributed by atoms with van der Waals surface area (Å²) >= 11 is 0. The van der Waals surface area contributed by atoms with Gasteiger partial charge in [-0.3, -0.25) is 0 Å². The molecular weight excluding hydrogens is 252 g/mol. The maximum Gasteiger partial charge on any atom is 0.268 e. The smallest absolute Gasteiger partial charge is 0.268 e. The number of hydrogen-bond acceptors (Lipinski definition) is 2. The third-order valence-corrected chi connectivity index (χ3v) is 6.73. The van der Waals surface area contributed by atoms with Crippen LogP contribution >= 0.6 is 0 Å². The summed E-state index contributed by atoms with van der Waals surface area (Å²) in [5.41, 5.74) is 0. The largest absolute Gasteiger partial charge is 0.343 e. The van der Waals surface area contributed by atoms with Crippen molar-refractivity contribution in [3.05, 3.63) is 36.4 Å². The van der Waals surface area contributed by atoms with Gasteiger partial charge < -0.3 is 8.47 Å². The fourth-order valence-corrected chi connectivity index (χ4v) is 5.30. The summed E-state index contributed by atoms with van der Waals surface area (Å²) in [4.78, 5) is 9.04. The Bertz CT molecular complexity index is 481. The normalized spacial score (nSPS) is 12.0. The van der Waals surface area contributed by atoms with Crippen LogP contribution in [0.15, 0.2) is 24.8 Å². The summed E-state index contributed by atoms with van der Waals surface area (Å²) in [6.45, 7) is 9.12. The molecule has 0 aliphatic heterocycles. The molecule has 104 valence electrons. The Morgan fingerprint density at radius 2 is 1.32 bits per heavy atom. The minimum absolute atomic E-state index is 1.04. The standard InChI is InChI=1S/C14H24N4Si/c1-5-7-13-15-9-11-17(13)19(3,4)18-12-10-16-14(18)8-6-2/h9-12H,5-8H2,1-4H3. The van der Waals surface area contributed by atoms with Crippen LogP contribution in [0, 0.1) is 0 Å². The first-order valence-corrected chi connectivity index (χ1v) is 10.1. The highest BCUT2D eigenvalue weighted by molar-refractivity contribution is 6.74. The molecule has 0 N–H and O–H groups in total. The van der Waals surface area contributed by atoms with Gasteiger partial charge in [0.2, 0.25) is 0 Å². The lowest BCUT2D eigenvalue weighted by atomic mass is 10.3. The van der Waals surface area contributed by atoms with Crippen LogP contribution in [0.5, 0.6) is 0 Å². The maximum atomic E-state index is 4.52. The van der Waals surface area contributed by atoms with Crippen LogP contribution in [-0.4, -0.2) is 26.8 Å². The zero-order valence-corrected chi connectivity index (χ0v) is 13.4. The average molecular weight is 276 g/mol. The number of aromatic nitrogens is 4. The Morgan fingerprint density at radius 1 is 0.895 bits per heavy atom. The van der Waals surface area contributed by atoms with Gasteiger partial charge in [-0.1, -0.05) is 13.8 Å². The Hall–Kier alpha value is -1.36. The van der Waals surface area contributed by atoms with Crippen molar-refractivity contribution in [2.75, 3.05) is 0 Å². The Labute approximate surface area is 116 Å². The van der Waals surface area contributed by atoms with Crippen molar-refractivity contribution in [1.29, 1.82) is 0 Å². The first-order valence-electron chi connectivity index (χ1n) is 7.16. The molecule has 0 bridgehead atoms. The molecule has 0 spiro atoms. The van der Waals surface area contributed by atoms with Crippen LogP contribution in [0.4, 0.5) is 0 Å². The van der Waals surface area contributed by atoms with Gasteiger partial charge in [0, 0.05) is 37.6 Å². The number of imidazole rings is 2. The van der Waals surface area contributed by atoms with Gasteiger partial charge in [0.25, 0.3) is 8.40 Å². The first-order chi connectivity index (χ1) is 9.11. The molecule has 0 saturated heterocycles. The van der Waals surface area contributed by atoms with Gasteiger partial charge in [-0.2, -0.15) is 0 Å². The quantitative estimate of drug-likeness (QED) is 0.760. The zero-order valence-electron chi connectivity index (χ0n) is 12.4. The van der Waals surface area contributed by atoms with E-state index in [1.54, 1.807) is 0 Å². The lowest BCUT2D eigenvalue weighted by Crippen LogP contribution is -2.46. The average Bonchev–Trinajstić information content (AvgIpc) is 2.99. The molecule has 2 heterocycles. The number of hydrogen-bond donors (Lipinski definition) is 0. The van der Waals surface area contributed by atoms with Gasteiger partial charge >= 0.3 is 0 Å². The summed E-state index contributed by atoms with van der Waals surface area (Å²) in [7, 11) is -1.81. The van der Waals surface area contributed by atoms with Gasteiger partial charge in [0.15, 0.2) is 0 Å². The first kappa shape index (κ1) is 14.1. The SMILES string of the molecule is CCCc1nccn1[Si](C)(C)n1ccnc1CCC. The third kappa shape index (κ3) is 2.66. The molecule has 0 saturated carbocycles. The molecule has 2 rings (SSSR count). The maximum absolute atomic E-state index is 4.52. The second-order valence-electron chi connectivity index (χ2n) is 5.42. The lowest BCUT2D eigenvalue weighted by Gasteiger charge is -2.29. The van der Waals surface area contributed by atoms with Crippen LogP contribution in [0.3, 0.4) is 0 Å². The minimum atomic E-state index is -1.81. The predicted octanol–water partition coefficient (Wildman–Crippen LogP) is 3.08.